The van der Waals surface area contributed by atoms with Gasteiger partial charge in [-0.05, 0) is 30.7 Å². The van der Waals surface area contributed by atoms with Crippen molar-refractivity contribution in [1.29, 1.82) is 0 Å². The molecule has 3 nitrogen and oxygen atoms in total. The molecule has 0 spiro atoms. The lowest BCUT2D eigenvalue weighted by Crippen LogP contribution is -2.14. The largest absolute Gasteiger partial charge is 0.399 e. The molecule has 3 N–H and O–H groups in total. The second-order valence-electron chi connectivity index (χ2n) is 4.66. The van der Waals surface area contributed by atoms with Crippen LogP contribution in [0, 0.1) is 6.92 Å². The number of nitrogens with two attached hydrogens (primary N) is 1. The van der Waals surface area contributed by atoms with Crippen molar-refractivity contribution in [3.05, 3.63) is 59.7 Å². The maximum Gasteiger partial charge on any atom is 0.234 e. The van der Waals surface area contributed by atoms with Crippen molar-refractivity contribution in [3.63, 3.8) is 0 Å². The molecular weight excluding hydrogens is 268 g/mol. The fourth-order valence-electron chi connectivity index (χ4n) is 1.88. The highest BCUT2D eigenvalue weighted by molar-refractivity contribution is 7.99. The van der Waals surface area contributed by atoms with Crippen LogP contribution >= 0.6 is 11.8 Å². The van der Waals surface area contributed by atoms with Crippen LogP contribution in [0.1, 0.15) is 11.1 Å². The number of hydrogen-bond acceptors (Lipinski definition) is 3. The zero-order valence-electron chi connectivity index (χ0n) is 11.4. The lowest BCUT2D eigenvalue weighted by atomic mass is 10.2. The standard InChI is InChI=1S/C16H18N2OS/c1-12-4-2-5-13(8-12)10-20-11-16(19)18-15-7-3-6-14(17)9-15/h2-9H,10-11,17H2,1H3,(H,18,19). The molecule has 2 rings (SSSR count). The average Bonchev–Trinajstić information content (AvgIpc) is 2.38. The summed E-state index contributed by atoms with van der Waals surface area (Å²) in [5.74, 6) is 1.27. The van der Waals surface area contributed by atoms with Gasteiger partial charge in [0.1, 0.15) is 0 Å². The first-order valence-corrected chi connectivity index (χ1v) is 7.57. The first kappa shape index (κ1) is 14.5. The van der Waals surface area contributed by atoms with Crippen LogP contribution < -0.4 is 11.1 Å². The van der Waals surface area contributed by atoms with Crippen LogP contribution in [0.5, 0.6) is 0 Å². The van der Waals surface area contributed by atoms with Gasteiger partial charge >= 0.3 is 0 Å². The second-order valence-corrected chi connectivity index (χ2v) is 5.64. The SMILES string of the molecule is Cc1cccc(CSCC(=O)Nc2cccc(N)c2)c1. The number of thioether (sulfide) groups is 1. The van der Waals surface area contributed by atoms with Crippen LogP contribution in [0.2, 0.25) is 0 Å². The summed E-state index contributed by atoms with van der Waals surface area (Å²) in [6.07, 6.45) is 0. The molecule has 0 unspecified atom stereocenters. The van der Waals surface area contributed by atoms with Crippen LogP contribution in [-0.4, -0.2) is 11.7 Å². The number of hydrogen-bond donors (Lipinski definition) is 2. The van der Waals surface area contributed by atoms with E-state index >= 15 is 0 Å². The minimum atomic E-state index is -0.00625. The van der Waals surface area contributed by atoms with Gasteiger partial charge in [-0.1, -0.05) is 35.9 Å². The van der Waals surface area contributed by atoms with Gasteiger partial charge < -0.3 is 11.1 Å². The third kappa shape index (κ3) is 4.63. The van der Waals surface area contributed by atoms with Crippen LogP contribution in [-0.2, 0) is 10.5 Å². The lowest BCUT2D eigenvalue weighted by molar-refractivity contribution is -0.113. The summed E-state index contributed by atoms with van der Waals surface area (Å²) in [6.45, 7) is 2.07. The summed E-state index contributed by atoms with van der Waals surface area (Å²) in [4.78, 5) is 11.8. The number of nitrogen functional groups attached to an aromatic ring is 1. The predicted molar refractivity (Wildman–Crippen MR) is 86.8 cm³/mol. The first-order valence-electron chi connectivity index (χ1n) is 6.42. The lowest BCUT2D eigenvalue weighted by Gasteiger charge is -2.06. The maximum atomic E-state index is 11.8. The summed E-state index contributed by atoms with van der Waals surface area (Å²) in [7, 11) is 0. The van der Waals surface area contributed by atoms with E-state index in [9.17, 15) is 4.79 Å². The Hall–Kier alpha value is -1.94. The van der Waals surface area contributed by atoms with Crippen LogP contribution in [0.15, 0.2) is 48.5 Å². The van der Waals surface area contributed by atoms with E-state index < -0.39 is 0 Å². The quantitative estimate of drug-likeness (QED) is 0.828. The Bertz CT molecular complexity index is 599. The molecule has 0 aliphatic heterocycles. The first-order chi connectivity index (χ1) is 9.63. The van der Waals surface area contributed by atoms with E-state index in [1.54, 1.807) is 23.9 Å². The van der Waals surface area contributed by atoms with Gasteiger partial charge in [-0.15, -0.1) is 11.8 Å². The third-order valence-electron chi connectivity index (χ3n) is 2.75. The van der Waals surface area contributed by atoms with Crippen molar-refractivity contribution < 1.29 is 4.79 Å². The summed E-state index contributed by atoms with van der Waals surface area (Å²) in [5.41, 5.74) is 9.54. The van der Waals surface area contributed by atoms with Crippen molar-refractivity contribution in [1.82, 2.24) is 0 Å². The Labute approximate surface area is 123 Å². The monoisotopic (exact) mass is 286 g/mol. The summed E-state index contributed by atoms with van der Waals surface area (Å²) in [5, 5.41) is 2.84. The number of anilines is 2. The fourth-order valence-corrected chi connectivity index (χ4v) is 2.65. The number of rotatable bonds is 5. The zero-order chi connectivity index (χ0) is 14.4. The minimum Gasteiger partial charge on any atom is -0.399 e. The highest BCUT2D eigenvalue weighted by Crippen LogP contribution is 2.15. The zero-order valence-corrected chi connectivity index (χ0v) is 12.2. The van der Waals surface area contributed by atoms with E-state index in [1.165, 1.54) is 11.1 Å². The summed E-state index contributed by atoms with van der Waals surface area (Å²) >= 11 is 1.60. The normalized spacial score (nSPS) is 10.2. The maximum absolute atomic E-state index is 11.8. The number of carbonyl (C=O) groups is 1. The number of carbonyl (C=O) groups excluding carboxylic acids is 1. The Balaban J connectivity index is 1.78. The number of benzene rings is 2. The van der Waals surface area contributed by atoms with E-state index in [0.29, 0.717) is 11.4 Å². The fraction of sp³-hybridized carbons (Fsp3) is 0.188. The van der Waals surface area contributed by atoms with Crippen molar-refractivity contribution in [3.8, 4) is 0 Å². The van der Waals surface area contributed by atoms with Crippen molar-refractivity contribution in [2.75, 3.05) is 16.8 Å². The molecule has 104 valence electrons. The Morgan fingerprint density at radius 2 is 2.00 bits per heavy atom. The van der Waals surface area contributed by atoms with Gasteiger partial charge in [0.25, 0.3) is 0 Å². The van der Waals surface area contributed by atoms with Crippen molar-refractivity contribution in [2.24, 2.45) is 0 Å². The molecule has 0 bridgehead atoms. The highest BCUT2D eigenvalue weighted by atomic mass is 32.2. The van der Waals surface area contributed by atoms with Crippen molar-refractivity contribution >= 4 is 29.0 Å². The molecule has 0 saturated carbocycles. The Morgan fingerprint density at radius 1 is 1.20 bits per heavy atom. The highest BCUT2D eigenvalue weighted by Gasteiger charge is 2.03. The Kier molecular flexibility index (Phi) is 5.07. The van der Waals surface area contributed by atoms with Gasteiger partial charge in [0.2, 0.25) is 5.91 Å². The third-order valence-corrected chi connectivity index (χ3v) is 3.76. The van der Waals surface area contributed by atoms with Gasteiger partial charge in [0.15, 0.2) is 0 Å². The minimum absolute atomic E-state index is 0.00625. The molecule has 0 radical (unpaired) electrons. The molecule has 0 fully saturated rings. The van der Waals surface area contributed by atoms with Gasteiger partial charge in [-0.2, -0.15) is 0 Å². The number of nitrogens with one attached hydrogen (secondary N) is 1. The molecule has 0 saturated heterocycles. The topological polar surface area (TPSA) is 55.1 Å². The average molecular weight is 286 g/mol. The Morgan fingerprint density at radius 3 is 2.75 bits per heavy atom. The van der Waals surface area contributed by atoms with E-state index in [-0.39, 0.29) is 5.91 Å². The molecule has 4 heteroatoms. The molecule has 0 aliphatic carbocycles. The van der Waals surface area contributed by atoms with Crippen molar-refractivity contribution in [2.45, 2.75) is 12.7 Å². The number of amides is 1. The van der Waals surface area contributed by atoms with Gasteiger partial charge in [-0.25, -0.2) is 0 Å². The van der Waals surface area contributed by atoms with E-state index in [0.717, 1.165) is 11.4 Å². The molecule has 0 atom stereocenters. The summed E-state index contributed by atoms with van der Waals surface area (Å²) < 4.78 is 0. The molecule has 1 amide bonds. The molecule has 2 aromatic carbocycles. The van der Waals surface area contributed by atoms with Gasteiger partial charge in [-0.3, -0.25) is 4.79 Å². The van der Waals surface area contributed by atoms with E-state index in [1.807, 2.05) is 18.2 Å². The molecule has 2 aromatic rings. The smallest absolute Gasteiger partial charge is 0.234 e. The summed E-state index contributed by atoms with van der Waals surface area (Å²) in [6, 6.07) is 15.5. The molecule has 0 aliphatic rings. The molecule has 20 heavy (non-hydrogen) atoms. The van der Waals surface area contributed by atoms with Crippen LogP contribution in [0.25, 0.3) is 0 Å². The second kappa shape index (κ2) is 7.01. The van der Waals surface area contributed by atoms with Crippen LogP contribution in [0.3, 0.4) is 0 Å². The van der Waals surface area contributed by atoms with E-state index in [4.69, 9.17) is 5.73 Å². The molecule has 0 aromatic heterocycles. The molecular formula is C16H18N2OS. The van der Waals surface area contributed by atoms with Crippen LogP contribution in [0.4, 0.5) is 11.4 Å². The number of aryl methyl sites for hydroxylation is 1. The predicted octanol–water partition coefficient (Wildman–Crippen LogP) is 3.45. The molecule has 0 heterocycles. The van der Waals surface area contributed by atoms with Gasteiger partial charge in [0, 0.05) is 17.1 Å². The van der Waals surface area contributed by atoms with E-state index in [2.05, 4.69) is 30.4 Å². The van der Waals surface area contributed by atoms with Gasteiger partial charge in [0.05, 0.1) is 5.75 Å².